The van der Waals surface area contributed by atoms with Crippen molar-refractivity contribution in [2.24, 2.45) is 7.05 Å². The first-order valence-electron chi connectivity index (χ1n) is 8.24. The van der Waals surface area contributed by atoms with Gasteiger partial charge in [0.2, 0.25) is 17.7 Å². The van der Waals surface area contributed by atoms with Crippen molar-refractivity contribution in [3.63, 3.8) is 0 Å². The number of aromatic nitrogens is 4. The number of methoxy groups -OCH3 is 1. The van der Waals surface area contributed by atoms with Gasteiger partial charge in [-0.3, -0.25) is 14.3 Å². The Morgan fingerprint density at radius 3 is 2.54 bits per heavy atom. The van der Waals surface area contributed by atoms with E-state index in [4.69, 9.17) is 4.74 Å². The zero-order valence-electron chi connectivity index (χ0n) is 14.8. The molecule has 0 radical (unpaired) electrons. The summed E-state index contributed by atoms with van der Waals surface area (Å²) < 4.78 is 6.55. The minimum Gasteiger partial charge on any atom is -0.479 e. The number of carbonyl (C=O) groups is 2. The molecule has 1 saturated heterocycles. The van der Waals surface area contributed by atoms with Gasteiger partial charge in [-0.25, -0.2) is 9.97 Å². The average Bonchev–Trinajstić information content (AvgIpc) is 3.07. The van der Waals surface area contributed by atoms with Gasteiger partial charge in [-0.05, 0) is 6.07 Å². The van der Waals surface area contributed by atoms with Gasteiger partial charge < -0.3 is 19.9 Å². The van der Waals surface area contributed by atoms with Crippen LogP contribution >= 0.6 is 0 Å². The Balaban J connectivity index is 1.49. The Morgan fingerprint density at radius 1 is 1.19 bits per heavy atom. The van der Waals surface area contributed by atoms with E-state index < -0.39 is 0 Å². The monoisotopic (exact) mass is 359 g/mol. The number of nitrogens with zero attached hydrogens (tertiary/aromatic N) is 6. The molecule has 3 heterocycles. The summed E-state index contributed by atoms with van der Waals surface area (Å²) in [6.45, 7) is 2.35. The highest BCUT2D eigenvalue weighted by Crippen LogP contribution is 2.14. The van der Waals surface area contributed by atoms with E-state index in [0.717, 1.165) is 0 Å². The molecule has 10 nitrogen and oxygen atoms in total. The van der Waals surface area contributed by atoms with E-state index in [-0.39, 0.29) is 24.2 Å². The number of ether oxygens (including phenoxy) is 1. The lowest BCUT2D eigenvalue weighted by Crippen LogP contribution is -2.51. The van der Waals surface area contributed by atoms with Crippen LogP contribution in [0.25, 0.3) is 0 Å². The molecule has 1 aliphatic heterocycles. The molecule has 0 aliphatic carbocycles. The van der Waals surface area contributed by atoms with Crippen molar-refractivity contribution in [3.8, 4) is 5.88 Å². The lowest BCUT2D eigenvalue weighted by molar-refractivity contribution is -0.130. The standard InChI is InChI=1S/C16H21N7O3/c1-21-11-12(15(20-21)26-2)14(25)19-10-13(24)22-6-8-23(9-7-22)16-17-4-3-5-18-16/h3-5,11H,6-10H2,1-2H3,(H,19,25). The van der Waals surface area contributed by atoms with Crippen LogP contribution in [0, 0.1) is 0 Å². The second kappa shape index (κ2) is 7.81. The summed E-state index contributed by atoms with van der Waals surface area (Å²) >= 11 is 0. The minimum absolute atomic E-state index is 0.0707. The highest BCUT2D eigenvalue weighted by atomic mass is 16.5. The van der Waals surface area contributed by atoms with Crippen LogP contribution in [-0.2, 0) is 11.8 Å². The van der Waals surface area contributed by atoms with E-state index in [0.29, 0.717) is 37.7 Å². The molecular weight excluding hydrogens is 338 g/mol. The fourth-order valence-electron chi connectivity index (χ4n) is 2.75. The summed E-state index contributed by atoms with van der Waals surface area (Å²) in [5, 5.41) is 6.65. The molecule has 0 unspecified atom stereocenters. The van der Waals surface area contributed by atoms with E-state index in [9.17, 15) is 9.59 Å². The Hall–Kier alpha value is -3.17. The van der Waals surface area contributed by atoms with Crippen LogP contribution in [0.4, 0.5) is 5.95 Å². The second-order valence-electron chi connectivity index (χ2n) is 5.83. The Labute approximate surface area is 150 Å². The number of piperazine rings is 1. The molecule has 2 aromatic rings. The quantitative estimate of drug-likeness (QED) is 0.752. The SMILES string of the molecule is COc1nn(C)cc1C(=O)NCC(=O)N1CCN(c2ncccn2)CC1. The van der Waals surface area contributed by atoms with Crippen molar-refractivity contribution < 1.29 is 14.3 Å². The summed E-state index contributed by atoms with van der Waals surface area (Å²) in [5.74, 6) is 0.375. The van der Waals surface area contributed by atoms with Crippen LogP contribution in [0.1, 0.15) is 10.4 Å². The highest BCUT2D eigenvalue weighted by molar-refractivity contribution is 5.98. The smallest absolute Gasteiger partial charge is 0.258 e. The third kappa shape index (κ3) is 3.90. The third-order valence-corrected chi connectivity index (χ3v) is 4.10. The molecule has 0 bridgehead atoms. The van der Waals surface area contributed by atoms with Crippen molar-refractivity contribution in [1.29, 1.82) is 0 Å². The Bertz CT molecular complexity index is 769. The number of amides is 2. The average molecular weight is 359 g/mol. The van der Waals surface area contributed by atoms with Crippen molar-refractivity contribution in [2.45, 2.75) is 0 Å². The number of aryl methyl sites for hydroxylation is 1. The van der Waals surface area contributed by atoms with Crippen LogP contribution in [0.2, 0.25) is 0 Å². The molecule has 1 N–H and O–H groups in total. The fourth-order valence-corrected chi connectivity index (χ4v) is 2.75. The number of anilines is 1. The molecule has 138 valence electrons. The molecule has 0 spiro atoms. The maximum absolute atomic E-state index is 12.3. The molecule has 10 heteroatoms. The molecule has 3 rings (SSSR count). The zero-order valence-corrected chi connectivity index (χ0v) is 14.8. The summed E-state index contributed by atoms with van der Waals surface area (Å²) in [7, 11) is 3.14. The van der Waals surface area contributed by atoms with Crippen molar-refractivity contribution in [2.75, 3.05) is 44.7 Å². The fraction of sp³-hybridized carbons (Fsp3) is 0.438. The summed E-state index contributed by atoms with van der Waals surface area (Å²) in [5.41, 5.74) is 0.300. The Morgan fingerprint density at radius 2 is 1.88 bits per heavy atom. The van der Waals surface area contributed by atoms with Crippen LogP contribution < -0.4 is 15.0 Å². The molecule has 1 fully saturated rings. The topological polar surface area (TPSA) is 105 Å². The van der Waals surface area contributed by atoms with Gasteiger partial charge in [0.1, 0.15) is 5.56 Å². The molecule has 26 heavy (non-hydrogen) atoms. The van der Waals surface area contributed by atoms with Gasteiger partial charge in [0.05, 0.1) is 13.7 Å². The zero-order chi connectivity index (χ0) is 18.5. The molecular formula is C16H21N7O3. The van der Waals surface area contributed by atoms with Crippen LogP contribution in [0.5, 0.6) is 5.88 Å². The summed E-state index contributed by atoms with van der Waals surface area (Å²) in [6, 6.07) is 1.77. The van der Waals surface area contributed by atoms with Crippen molar-refractivity contribution >= 4 is 17.8 Å². The molecule has 2 aromatic heterocycles. The van der Waals surface area contributed by atoms with Gasteiger partial charge in [0.15, 0.2) is 0 Å². The summed E-state index contributed by atoms with van der Waals surface area (Å²) in [4.78, 5) is 36.8. The first kappa shape index (κ1) is 17.6. The lowest BCUT2D eigenvalue weighted by Gasteiger charge is -2.34. The predicted molar refractivity (Wildman–Crippen MR) is 92.9 cm³/mol. The maximum atomic E-state index is 12.3. The lowest BCUT2D eigenvalue weighted by atomic mass is 10.3. The van der Waals surface area contributed by atoms with Crippen LogP contribution in [-0.4, -0.2) is 76.3 Å². The van der Waals surface area contributed by atoms with Gasteiger partial charge in [-0.15, -0.1) is 5.10 Å². The highest BCUT2D eigenvalue weighted by Gasteiger charge is 2.23. The first-order valence-corrected chi connectivity index (χ1v) is 8.24. The van der Waals surface area contributed by atoms with E-state index >= 15 is 0 Å². The molecule has 0 atom stereocenters. The third-order valence-electron chi connectivity index (χ3n) is 4.10. The second-order valence-corrected chi connectivity index (χ2v) is 5.83. The summed E-state index contributed by atoms with van der Waals surface area (Å²) in [6.07, 6.45) is 4.95. The van der Waals surface area contributed by atoms with Gasteiger partial charge in [-0.1, -0.05) is 0 Å². The molecule has 2 amide bonds. The van der Waals surface area contributed by atoms with Crippen molar-refractivity contribution in [1.82, 2.24) is 30.0 Å². The predicted octanol–water partition coefficient (Wildman–Crippen LogP) is -0.703. The molecule has 0 aromatic carbocycles. The Kier molecular flexibility index (Phi) is 5.30. The largest absolute Gasteiger partial charge is 0.479 e. The van der Waals surface area contributed by atoms with Gasteiger partial charge in [0.25, 0.3) is 5.91 Å². The molecule has 0 saturated carbocycles. The number of rotatable bonds is 5. The number of nitrogens with one attached hydrogen (secondary N) is 1. The van der Waals surface area contributed by atoms with Gasteiger partial charge >= 0.3 is 0 Å². The number of carbonyl (C=O) groups excluding carboxylic acids is 2. The normalized spacial score (nSPS) is 14.2. The van der Waals surface area contributed by atoms with E-state index in [1.165, 1.54) is 11.8 Å². The van der Waals surface area contributed by atoms with Crippen LogP contribution in [0.15, 0.2) is 24.7 Å². The number of hydrogen-bond donors (Lipinski definition) is 1. The van der Waals surface area contributed by atoms with E-state index in [1.54, 1.807) is 36.6 Å². The minimum atomic E-state index is -0.389. The molecule has 1 aliphatic rings. The number of hydrogen-bond acceptors (Lipinski definition) is 7. The maximum Gasteiger partial charge on any atom is 0.258 e. The first-order chi connectivity index (χ1) is 12.6. The van der Waals surface area contributed by atoms with Crippen LogP contribution in [0.3, 0.4) is 0 Å². The van der Waals surface area contributed by atoms with Crippen molar-refractivity contribution in [3.05, 3.63) is 30.2 Å². The van der Waals surface area contributed by atoms with E-state index in [2.05, 4.69) is 20.4 Å². The van der Waals surface area contributed by atoms with Gasteiger partial charge in [-0.2, -0.15) is 0 Å². The van der Waals surface area contributed by atoms with E-state index in [1.807, 2.05) is 4.90 Å². The van der Waals surface area contributed by atoms with Gasteiger partial charge in [0, 0.05) is 51.8 Å².